The van der Waals surface area contributed by atoms with E-state index < -0.39 is 116 Å². The Morgan fingerprint density at radius 3 is 1.33 bits per heavy atom. The molecule has 0 unspecified atom stereocenters. The van der Waals surface area contributed by atoms with Gasteiger partial charge in [0, 0.05) is 30.9 Å². The summed E-state index contributed by atoms with van der Waals surface area (Å²) >= 11 is 3.87. The lowest BCUT2D eigenvalue weighted by Crippen LogP contribution is -2.58. The molecule has 0 spiro atoms. The molecule has 0 aromatic heterocycles. The van der Waals surface area contributed by atoms with Crippen LogP contribution in [0.4, 0.5) is 0 Å². The lowest BCUT2D eigenvalue weighted by atomic mass is 9.84. The lowest BCUT2D eigenvalue weighted by molar-refractivity contribution is -0.142. The maximum Gasteiger partial charge on any atom is 0.327 e. The summed E-state index contributed by atoms with van der Waals surface area (Å²) in [6, 6.07) is 10.8. The normalized spacial score (nSPS) is 13.2. The molecule has 2 aromatic rings. The van der Waals surface area contributed by atoms with Crippen LogP contribution in [0.2, 0.25) is 0 Å². The molecule has 0 aliphatic rings. The van der Waals surface area contributed by atoms with Crippen LogP contribution >= 0.6 is 12.6 Å². The molecule has 264 valence electrons. The molecule has 8 N–H and O–H groups in total. The van der Waals surface area contributed by atoms with Crippen molar-refractivity contribution in [3.05, 3.63) is 71.8 Å². The summed E-state index contributed by atoms with van der Waals surface area (Å²) in [6.07, 6.45) is -3.28. The molecule has 0 heterocycles. The fraction of sp³-hybridized carbons (Fsp3) is 0.375. The van der Waals surface area contributed by atoms with Crippen LogP contribution in [-0.2, 0) is 38.4 Å². The van der Waals surface area contributed by atoms with Crippen LogP contribution in [0.5, 0.6) is 0 Å². The minimum absolute atomic E-state index is 0.332. The number of hydrogen-bond acceptors (Lipinski definition) is 9. The number of hydrogen-bond donors (Lipinski definition) is 9. The zero-order valence-electron chi connectivity index (χ0n) is 26.1. The number of carboxylic acid groups (broad SMARTS) is 4. The predicted molar refractivity (Wildman–Crippen MR) is 175 cm³/mol. The van der Waals surface area contributed by atoms with Gasteiger partial charge in [0.2, 0.25) is 23.6 Å². The molecular weight excluding hydrogens is 664 g/mol. The number of thiol groups is 1. The molecule has 0 aliphatic carbocycles. The van der Waals surface area contributed by atoms with Gasteiger partial charge in [-0.25, -0.2) is 4.79 Å². The van der Waals surface area contributed by atoms with Crippen molar-refractivity contribution in [1.29, 1.82) is 0 Å². The quantitative estimate of drug-likeness (QED) is 0.0799. The zero-order valence-corrected chi connectivity index (χ0v) is 27.0. The van der Waals surface area contributed by atoms with E-state index in [0.717, 1.165) is 0 Å². The van der Waals surface area contributed by atoms with Gasteiger partial charge in [-0.15, -0.1) is 0 Å². The van der Waals surface area contributed by atoms with E-state index in [4.69, 9.17) is 10.2 Å². The van der Waals surface area contributed by atoms with Crippen molar-refractivity contribution in [2.75, 3.05) is 5.75 Å². The van der Waals surface area contributed by atoms with Crippen molar-refractivity contribution < 1.29 is 58.8 Å². The topological polar surface area (TPSA) is 266 Å². The second-order valence-electron chi connectivity index (χ2n) is 10.8. The highest BCUT2D eigenvalue weighted by Gasteiger charge is 2.36. The Labute approximate surface area is 286 Å². The molecule has 0 fully saturated rings. The second-order valence-corrected chi connectivity index (χ2v) is 11.2. The number of carbonyl (C=O) groups excluding carboxylic acids is 4. The second kappa shape index (κ2) is 20.0. The Bertz CT molecular complexity index is 1450. The fourth-order valence-electron chi connectivity index (χ4n) is 4.73. The first-order chi connectivity index (χ1) is 23.2. The third-order valence-corrected chi connectivity index (χ3v) is 7.54. The number of benzene rings is 2. The highest BCUT2D eigenvalue weighted by molar-refractivity contribution is 7.80. The van der Waals surface area contributed by atoms with E-state index in [9.17, 15) is 48.6 Å². The van der Waals surface area contributed by atoms with Crippen LogP contribution in [0.3, 0.4) is 0 Å². The van der Waals surface area contributed by atoms with Gasteiger partial charge in [-0.3, -0.25) is 33.6 Å². The molecule has 4 amide bonds. The lowest BCUT2D eigenvalue weighted by Gasteiger charge is -2.30. The maximum atomic E-state index is 14.1. The van der Waals surface area contributed by atoms with Crippen LogP contribution in [0.25, 0.3) is 0 Å². The van der Waals surface area contributed by atoms with Gasteiger partial charge in [0.25, 0.3) is 0 Å². The molecule has 0 bridgehead atoms. The van der Waals surface area contributed by atoms with Crippen LogP contribution in [0.15, 0.2) is 60.7 Å². The Kier molecular flexibility index (Phi) is 16.2. The molecule has 49 heavy (non-hydrogen) atoms. The molecular formula is C32H38N4O12S. The van der Waals surface area contributed by atoms with Crippen molar-refractivity contribution in [3.8, 4) is 0 Å². The molecule has 0 radical (unpaired) electrons. The molecule has 2 rings (SSSR count). The Balaban J connectivity index is 2.51. The van der Waals surface area contributed by atoms with E-state index in [1.54, 1.807) is 60.7 Å². The molecule has 2 aromatic carbocycles. The Hall–Kier alpha value is -5.45. The molecule has 16 nitrogen and oxygen atoms in total. The van der Waals surface area contributed by atoms with Crippen LogP contribution in [0.1, 0.15) is 55.6 Å². The average Bonchev–Trinajstić information content (AvgIpc) is 3.06. The van der Waals surface area contributed by atoms with Gasteiger partial charge >= 0.3 is 23.9 Å². The minimum Gasteiger partial charge on any atom is -0.481 e. The summed E-state index contributed by atoms with van der Waals surface area (Å²) in [7, 11) is 0. The predicted octanol–water partition coefficient (Wildman–Crippen LogP) is 0.367. The third-order valence-electron chi connectivity index (χ3n) is 7.17. The molecule has 4 atom stereocenters. The van der Waals surface area contributed by atoms with Crippen molar-refractivity contribution >= 4 is 60.1 Å². The van der Waals surface area contributed by atoms with Crippen molar-refractivity contribution in [2.24, 2.45) is 0 Å². The summed E-state index contributed by atoms with van der Waals surface area (Å²) in [6.45, 7) is 0. The number of carbonyl (C=O) groups is 8. The van der Waals surface area contributed by atoms with Gasteiger partial charge < -0.3 is 41.7 Å². The van der Waals surface area contributed by atoms with E-state index in [-0.39, 0.29) is 5.75 Å². The van der Waals surface area contributed by atoms with Gasteiger partial charge in [0.15, 0.2) is 0 Å². The number of nitrogens with one attached hydrogen (secondary N) is 4. The van der Waals surface area contributed by atoms with Gasteiger partial charge in [-0.1, -0.05) is 60.7 Å². The van der Waals surface area contributed by atoms with Crippen molar-refractivity contribution in [1.82, 2.24) is 21.3 Å². The van der Waals surface area contributed by atoms with Crippen LogP contribution < -0.4 is 21.3 Å². The van der Waals surface area contributed by atoms with E-state index in [2.05, 4.69) is 33.9 Å². The van der Waals surface area contributed by atoms with Crippen molar-refractivity contribution in [2.45, 2.75) is 68.6 Å². The molecule has 0 aliphatic heterocycles. The Morgan fingerprint density at radius 2 is 0.939 bits per heavy atom. The van der Waals surface area contributed by atoms with E-state index >= 15 is 0 Å². The summed E-state index contributed by atoms with van der Waals surface area (Å²) in [5, 5.41) is 46.3. The number of amides is 4. The van der Waals surface area contributed by atoms with Gasteiger partial charge in [-0.05, 0) is 24.0 Å². The first kappa shape index (κ1) is 39.7. The standard InChI is InChI=1S/C32H38N4O12S/c37-23(13-16-26(42)43)36-28(27(18-7-3-1-4-8-18)19-9-5-2-6-10-19)31(46)34-21(12-15-25(40)41)29(44)33-20(11-14-24(38)39)30(45)35-22(17-49)32(47)48/h1-10,20-22,27-28,49H,11-17H2,(H,33,44)(H,34,46)(H,35,45)(H,36,37)(H,38,39)(H,40,41)(H,42,43)(H,47,48)/t20-,21-,22-,28-/m0/s1. The minimum atomic E-state index is -1.64. The monoisotopic (exact) mass is 702 g/mol. The fourth-order valence-corrected chi connectivity index (χ4v) is 4.98. The first-order valence-electron chi connectivity index (χ1n) is 15.0. The largest absolute Gasteiger partial charge is 0.481 e. The summed E-state index contributed by atoms with van der Waals surface area (Å²) in [5.41, 5.74) is 1.11. The first-order valence-corrected chi connectivity index (χ1v) is 15.7. The Morgan fingerprint density at radius 1 is 0.531 bits per heavy atom. The summed E-state index contributed by atoms with van der Waals surface area (Å²) in [4.78, 5) is 98.7. The average molecular weight is 703 g/mol. The van der Waals surface area contributed by atoms with E-state index in [1.807, 2.05) is 0 Å². The zero-order chi connectivity index (χ0) is 36.5. The van der Waals surface area contributed by atoms with Gasteiger partial charge in [0.05, 0.1) is 6.42 Å². The van der Waals surface area contributed by atoms with Crippen LogP contribution in [-0.4, -0.2) is 97.9 Å². The number of carboxylic acids is 4. The molecule has 0 saturated carbocycles. The SMILES string of the molecule is O=C(O)CCC(=O)N[C@H](C(=O)N[C@@H](CCC(=O)O)C(=O)N[C@@H](CCC(=O)O)C(=O)N[C@@H](CS)C(=O)O)C(c1ccccc1)c1ccccc1. The molecule has 17 heteroatoms. The number of aliphatic carboxylic acids is 4. The van der Waals surface area contributed by atoms with Gasteiger partial charge in [0.1, 0.15) is 24.2 Å². The third kappa shape index (κ3) is 13.7. The van der Waals surface area contributed by atoms with E-state index in [0.29, 0.717) is 11.1 Å². The number of rotatable bonds is 21. The van der Waals surface area contributed by atoms with E-state index in [1.165, 1.54) is 0 Å². The van der Waals surface area contributed by atoms with Crippen LogP contribution in [0, 0.1) is 0 Å². The maximum absolute atomic E-state index is 14.1. The van der Waals surface area contributed by atoms with Gasteiger partial charge in [-0.2, -0.15) is 12.6 Å². The highest BCUT2D eigenvalue weighted by atomic mass is 32.1. The smallest absolute Gasteiger partial charge is 0.327 e. The van der Waals surface area contributed by atoms with Crippen molar-refractivity contribution in [3.63, 3.8) is 0 Å². The summed E-state index contributed by atoms with van der Waals surface area (Å²) < 4.78 is 0. The molecule has 0 saturated heterocycles. The highest BCUT2D eigenvalue weighted by Crippen LogP contribution is 2.29. The summed E-state index contributed by atoms with van der Waals surface area (Å²) in [5.74, 6) is -10.5.